The fourth-order valence-electron chi connectivity index (χ4n) is 1.95. The Balaban J connectivity index is 2.23. The largest absolute Gasteiger partial charge is 0.399 e. The zero-order valence-electron chi connectivity index (χ0n) is 11.6. The van der Waals surface area contributed by atoms with E-state index in [1.54, 1.807) is 24.3 Å². The van der Waals surface area contributed by atoms with Crippen LogP contribution in [0.3, 0.4) is 0 Å². The van der Waals surface area contributed by atoms with Gasteiger partial charge in [-0.25, -0.2) is 8.42 Å². The average Bonchev–Trinajstić information content (AvgIpc) is 2.36. The SMILES string of the molecule is Cc1cc(NS(=O)(=O)Cc2ccccc2)c(C)cc1N. The highest BCUT2D eigenvalue weighted by atomic mass is 32.2. The van der Waals surface area contributed by atoms with E-state index in [1.807, 2.05) is 32.0 Å². The number of nitrogen functional groups attached to an aromatic ring is 1. The first-order valence-corrected chi connectivity index (χ1v) is 7.94. The number of aryl methyl sites for hydroxylation is 2. The van der Waals surface area contributed by atoms with Crippen molar-refractivity contribution < 1.29 is 8.42 Å². The van der Waals surface area contributed by atoms with E-state index in [2.05, 4.69) is 4.72 Å². The second-order valence-electron chi connectivity index (χ2n) is 4.87. The molecule has 0 amide bonds. The fourth-order valence-corrected chi connectivity index (χ4v) is 3.20. The van der Waals surface area contributed by atoms with Gasteiger partial charge < -0.3 is 5.73 Å². The lowest BCUT2D eigenvalue weighted by Gasteiger charge is -2.12. The van der Waals surface area contributed by atoms with E-state index in [1.165, 1.54) is 0 Å². The molecule has 0 bridgehead atoms. The molecule has 2 aromatic rings. The third kappa shape index (κ3) is 3.51. The monoisotopic (exact) mass is 290 g/mol. The van der Waals surface area contributed by atoms with E-state index in [-0.39, 0.29) is 5.75 Å². The summed E-state index contributed by atoms with van der Waals surface area (Å²) >= 11 is 0. The van der Waals surface area contributed by atoms with E-state index in [0.717, 1.165) is 16.7 Å². The molecular weight excluding hydrogens is 272 g/mol. The van der Waals surface area contributed by atoms with Crippen molar-refractivity contribution in [2.75, 3.05) is 10.5 Å². The number of sulfonamides is 1. The first kappa shape index (κ1) is 14.4. The Morgan fingerprint density at radius 1 is 1.05 bits per heavy atom. The standard InChI is InChI=1S/C15H18N2O2S/c1-11-9-15(12(2)8-14(11)16)17-20(18,19)10-13-6-4-3-5-7-13/h3-9,17H,10,16H2,1-2H3. The molecule has 0 aliphatic carbocycles. The summed E-state index contributed by atoms with van der Waals surface area (Å²) < 4.78 is 27.0. The number of nitrogens with two attached hydrogens (primary N) is 1. The Kier molecular flexibility index (Phi) is 3.99. The molecule has 5 heteroatoms. The summed E-state index contributed by atoms with van der Waals surface area (Å²) in [6, 6.07) is 12.6. The molecule has 0 aromatic heterocycles. The van der Waals surface area contributed by atoms with E-state index in [9.17, 15) is 8.42 Å². The Morgan fingerprint density at radius 3 is 2.35 bits per heavy atom. The summed E-state index contributed by atoms with van der Waals surface area (Å²) in [7, 11) is -3.43. The Labute approximate surface area is 119 Å². The Bertz CT molecular complexity index is 710. The number of benzene rings is 2. The van der Waals surface area contributed by atoms with Crippen molar-refractivity contribution in [1.29, 1.82) is 0 Å². The first-order chi connectivity index (χ1) is 9.37. The molecule has 20 heavy (non-hydrogen) atoms. The molecule has 0 saturated heterocycles. The third-order valence-corrected chi connectivity index (χ3v) is 4.32. The fraction of sp³-hybridized carbons (Fsp3) is 0.200. The number of anilines is 2. The molecule has 4 nitrogen and oxygen atoms in total. The van der Waals surface area contributed by atoms with E-state index >= 15 is 0 Å². The van der Waals surface area contributed by atoms with Crippen molar-refractivity contribution in [2.24, 2.45) is 0 Å². The molecule has 0 spiro atoms. The van der Waals surface area contributed by atoms with Gasteiger partial charge in [-0.3, -0.25) is 4.72 Å². The van der Waals surface area contributed by atoms with Gasteiger partial charge in [-0.1, -0.05) is 30.3 Å². The van der Waals surface area contributed by atoms with Crippen molar-refractivity contribution in [2.45, 2.75) is 19.6 Å². The van der Waals surface area contributed by atoms with E-state index in [0.29, 0.717) is 11.4 Å². The molecule has 0 aliphatic rings. The highest BCUT2D eigenvalue weighted by Gasteiger charge is 2.13. The number of nitrogens with one attached hydrogen (secondary N) is 1. The van der Waals surface area contributed by atoms with Gasteiger partial charge >= 0.3 is 0 Å². The highest BCUT2D eigenvalue weighted by Crippen LogP contribution is 2.23. The summed E-state index contributed by atoms with van der Waals surface area (Å²) in [5.41, 5.74) is 9.46. The van der Waals surface area contributed by atoms with Gasteiger partial charge in [0.05, 0.1) is 11.4 Å². The molecule has 106 valence electrons. The lowest BCUT2D eigenvalue weighted by Crippen LogP contribution is -2.16. The molecule has 0 fully saturated rings. The van der Waals surface area contributed by atoms with Crippen LogP contribution in [-0.4, -0.2) is 8.42 Å². The van der Waals surface area contributed by atoms with Crippen LogP contribution in [0, 0.1) is 13.8 Å². The van der Waals surface area contributed by atoms with Crippen molar-refractivity contribution in [3.8, 4) is 0 Å². The van der Waals surface area contributed by atoms with Crippen LogP contribution in [0.2, 0.25) is 0 Å². The molecule has 0 saturated carbocycles. The minimum absolute atomic E-state index is 0.0449. The normalized spacial score (nSPS) is 11.3. The molecule has 0 atom stereocenters. The van der Waals surface area contributed by atoms with Gasteiger partial charge in [0, 0.05) is 5.69 Å². The summed E-state index contributed by atoms with van der Waals surface area (Å²) in [4.78, 5) is 0. The van der Waals surface area contributed by atoms with Crippen LogP contribution in [0.4, 0.5) is 11.4 Å². The lowest BCUT2D eigenvalue weighted by molar-refractivity contribution is 0.600. The molecule has 0 aliphatic heterocycles. The van der Waals surface area contributed by atoms with Gasteiger partial charge in [0.1, 0.15) is 0 Å². The van der Waals surface area contributed by atoms with Crippen molar-refractivity contribution in [3.05, 3.63) is 59.2 Å². The number of hydrogen-bond donors (Lipinski definition) is 2. The number of rotatable bonds is 4. The van der Waals surface area contributed by atoms with Crippen LogP contribution < -0.4 is 10.5 Å². The molecule has 0 radical (unpaired) electrons. The highest BCUT2D eigenvalue weighted by molar-refractivity contribution is 7.91. The summed E-state index contributed by atoms with van der Waals surface area (Å²) in [5, 5.41) is 0. The van der Waals surface area contributed by atoms with Gasteiger partial charge in [-0.15, -0.1) is 0 Å². The maximum Gasteiger partial charge on any atom is 0.236 e. The van der Waals surface area contributed by atoms with Gasteiger partial charge in [0.15, 0.2) is 0 Å². The second-order valence-corrected chi connectivity index (χ2v) is 6.59. The molecule has 3 N–H and O–H groups in total. The minimum Gasteiger partial charge on any atom is -0.399 e. The third-order valence-electron chi connectivity index (χ3n) is 3.08. The van der Waals surface area contributed by atoms with Crippen LogP contribution in [-0.2, 0) is 15.8 Å². The predicted molar refractivity (Wildman–Crippen MR) is 83.0 cm³/mol. The van der Waals surface area contributed by atoms with E-state index in [4.69, 9.17) is 5.73 Å². The average molecular weight is 290 g/mol. The van der Waals surface area contributed by atoms with Gasteiger partial charge in [0.2, 0.25) is 10.0 Å². The zero-order valence-corrected chi connectivity index (χ0v) is 12.4. The van der Waals surface area contributed by atoms with Crippen molar-refractivity contribution in [1.82, 2.24) is 0 Å². The Hall–Kier alpha value is -2.01. The minimum atomic E-state index is -3.43. The Morgan fingerprint density at radius 2 is 1.70 bits per heavy atom. The molecular formula is C15H18N2O2S. The maximum absolute atomic E-state index is 12.2. The van der Waals surface area contributed by atoms with E-state index < -0.39 is 10.0 Å². The predicted octanol–water partition coefficient (Wildman–Crippen LogP) is 2.83. The molecule has 0 unspecified atom stereocenters. The second kappa shape index (κ2) is 5.54. The molecule has 0 heterocycles. The van der Waals surface area contributed by atoms with Crippen LogP contribution in [0.1, 0.15) is 16.7 Å². The molecule has 2 rings (SSSR count). The van der Waals surface area contributed by atoms with Gasteiger partial charge in [-0.2, -0.15) is 0 Å². The first-order valence-electron chi connectivity index (χ1n) is 6.28. The van der Waals surface area contributed by atoms with Gasteiger partial charge in [-0.05, 0) is 42.7 Å². The van der Waals surface area contributed by atoms with Crippen LogP contribution >= 0.6 is 0 Å². The lowest BCUT2D eigenvalue weighted by atomic mass is 10.1. The van der Waals surface area contributed by atoms with Gasteiger partial charge in [0.25, 0.3) is 0 Å². The smallest absolute Gasteiger partial charge is 0.236 e. The maximum atomic E-state index is 12.2. The van der Waals surface area contributed by atoms with Crippen molar-refractivity contribution in [3.63, 3.8) is 0 Å². The van der Waals surface area contributed by atoms with Crippen molar-refractivity contribution >= 4 is 21.4 Å². The summed E-state index contributed by atoms with van der Waals surface area (Å²) in [5.74, 6) is -0.0449. The van der Waals surface area contributed by atoms with Crippen LogP contribution in [0.25, 0.3) is 0 Å². The topological polar surface area (TPSA) is 72.2 Å². The summed E-state index contributed by atoms with van der Waals surface area (Å²) in [6.45, 7) is 3.68. The van der Waals surface area contributed by atoms with Crippen LogP contribution in [0.15, 0.2) is 42.5 Å². The molecule has 2 aromatic carbocycles. The zero-order chi connectivity index (χ0) is 14.8. The number of hydrogen-bond acceptors (Lipinski definition) is 3. The summed E-state index contributed by atoms with van der Waals surface area (Å²) in [6.07, 6.45) is 0. The van der Waals surface area contributed by atoms with Crippen LogP contribution in [0.5, 0.6) is 0 Å². The quantitative estimate of drug-likeness (QED) is 0.850.